The van der Waals surface area contributed by atoms with E-state index in [1.165, 1.54) is 6.42 Å². The van der Waals surface area contributed by atoms with Crippen molar-refractivity contribution in [3.8, 4) is 5.75 Å². The van der Waals surface area contributed by atoms with Crippen molar-refractivity contribution in [3.63, 3.8) is 0 Å². The van der Waals surface area contributed by atoms with Gasteiger partial charge in [-0.1, -0.05) is 19.3 Å². The molecule has 0 aromatic heterocycles. The number of benzene rings is 1. The Bertz CT molecular complexity index is 1040. The molecule has 3 amide bonds. The van der Waals surface area contributed by atoms with Crippen LogP contribution in [-0.2, 0) is 19.1 Å². The van der Waals surface area contributed by atoms with Crippen LogP contribution >= 0.6 is 0 Å². The van der Waals surface area contributed by atoms with Crippen LogP contribution in [0.2, 0.25) is 0 Å². The molecule has 0 radical (unpaired) electrons. The molecule has 9 nitrogen and oxygen atoms in total. The van der Waals surface area contributed by atoms with Gasteiger partial charge in [0.2, 0.25) is 17.7 Å². The van der Waals surface area contributed by atoms with Crippen LogP contribution in [0, 0.1) is 11.8 Å². The standard InChI is InChI=1S/C29H41N3O6/c1-3-37-21-13-11-20(12-14-21)30-25(34)22-23-27(36)32(17-7-8-18-33)24(29(23)16-15-28(22,2)38-29)26(35)31-19-9-5-4-6-10-19/h11-14,19,22-24,33H,3-10,15-18H2,1-2H3,(H,30,34)(H,31,35)/t22-,23+,24?,28+,29?/m1/s1. The Morgan fingerprint density at radius 2 is 1.84 bits per heavy atom. The summed E-state index contributed by atoms with van der Waals surface area (Å²) < 4.78 is 12.2. The van der Waals surface area contributed by atoms with Crippen LogP contribution in [0.25, 0.3) is 0 Å². The van der Waals surface area contributed by atoms with Crippen LogP contribution < -0.4 is 15.4 Å². The summed E-state index contributed by atoms with van der Waals surface area (Å²) >= 11 is 0. The van der Waals surface area contributed by atoms with Crippen LogP contribution in [0.15, 0.2) is 24.3 Å². The molecule has 1 aromatic rings. The number of hydrogen-bond acceptors (Lipinski definition) is 6. The second-order valence-electron chi connectivity index (χ2n) is 11.5. The van der Waals surface area contributed by atoms with Gasteiger partial charge in [-0.3, -0.25) is 14.4 Å². The van der Waals surface area contributed by atoms with Gasteiger partial charge in [0.1, 0.15) is 17.4 Å². The van der Waals surface area contributed by atoms with Crippen LogP contribution in [0.3, 0.4) is 0 Å². The fourth-order valence-corrected chi connectivity index (χ4v) is 7.31. The van der Waals surface area contributed by atoms with Crippen molar-refractivity contribution in [3.05, 3.63) is 24.3 Å². The summed E-state index contributed by atoms with van der Waals surface area (Å²) in [7, 11) is 0. The minimum Gasteiger partial charge on any atom is -0.494 e. The minimum absolute atomic E-state index is 0.0250. The number of aliphatic hydroxyl groups excluding tert-OH is 1. The molecule has 9 heteroatoms. The van der Waals surface area contributed by atoms with Gasteiger partial charge in [0.25, 0.3) is 0 Å². The van der Waals surface area contributed by atoms with E-state index >= 15 is 0 Å². The molecule has 1 spiro atoms. The molecule has 208 valence electrons. The van der Waals surface area contributed by atoms with Gasteiger partial charge in [-0.15, -0.1) is 0 Å². The molecule has 2 unspecified atom stereocenters. The molecular weight excluding hydrogens is 486 g/mol. The van der Waals surface area contributed by atoms with Crippen molar-refractivity contribution in [2.24, 2.45) is 11.8 Å². The lowest BCUT2D eigenvalue weighted by atomic mass is 9.66. The Morgan fingerprint density at radius 3 is 2.53 bits per heavy atom. The van der Waals surface area contributed by atoms with Gasteiger partial charge in [0.15, 0.2) is 0 Å². The fourth-order valence-electron chi connectivity index (χ4n) is 7.31. The summed E-state index contributed by atoms with van der Waals surface area (Å²) in [5.74, 6) is -1.34. The first-order chi connectivity index (χ1) is 18.3. The number of unbranched alkanes of at least 4 members (excludes halogenated alkanes) is 1. The zero-order valence-corrected chi connectivity index (χ0v) is 22.5. The summed E-state index contributed by atoms with van der Waals surface area (Å²) in [6, 6.07) is 6.50. The number of nitrogens with one attached hydrogen (secondary N) is 2. The first kappa shape index (κ1) is 26.9. The largest absolute Gasteiger partial charge is 0.494 e. The average Bonchev–Trinajstić information content (AvgIpc) is 3.47. The highest BCUT2D eigenvalue weighted by molar-refractivity contribution is 6.02. The smallest absolute Gasteiger partial charge is 0.246 e. The lowest BCUT2D eigenvalue weighted by molar-refractivity contribution is -0.145. The number of hydrogen-bond donors (Lipinski definition) is 3. The van der Waals surface area contributed by atoms with Gasteiger partial charge < -0.3 is 30.1 Å². The maximum atomic E-state index is 14.0. The highest BCUT2D eigenvalue weighted by atomic mass is 16.5. The second-order valence-corrected chi connectivity index (χ2v) is 11.5. The van der Waals surface area contributed by atoms with Gasteiger partial charge in [-0.2, -0.15) is 0 Å². The van der Waals surface area contributed by atoms with Gasteiger partial charge in [0, 0.05) is 24.9 Å². The molecule has 1 saturated carbocycles. The van der Waals surface area contributed by atoms with Crippen LogP contribution in [0.1, 0.15) is 71.6 Å². The Labute approximate surface area is 224 Å². The SMILES string of the molecule is CCOc1ccc(NC(=O)[C@H]2[C@H]3C(=O)N(CCCCO)C(C(=O)NC4CCCCC4)C34CC[C@]2(C)O4)cc1. The van der Waals surface area contributed by atoms with Gasteiger partial charge in [-0.25, -0.2) is 0 Å². The first-order valence-electron chi connectivity index (χ1n) is 14.3. The summed E-state index contributed by atoms with van der Waals surface area (Å²) in [5.41, 5.74) is -1.23. The Morgan fingerprint density at radius 1 is 1.11 bits per heavy atom. The summed E-state index contributed by atoms with van der Waals surface area (Å²) in [6.07, 6.45) is 7.53. The van der Waals surface area contributed by atoms with Gasteiger partial charge in [-0.05, 0) is 76.6 Å². The molecule has 3 N–H and O–H groups in total. The number of likely N-dealkylation sites (tertiary alicyclic amines) is 1. The summed E-state index contributed by atoms with van der Waals surface area (Å²) in [6.45, 7) is 4.75. The van der Waals surface area contributed by atoms with E-state index in [0.29, 0.717) is 44.5 Å². The molecule has 4 aliphatic rings. The fraction of sp³-hybridized carbons (Fsp3) is 0.690. The highest BCUT2D eigenvalue weighted by Gasteiger charge is 2.77. The number of carbonyl (C=O) groups excluding carboxylic acids is 3. The van der Waals surface area contributed by atoms with Crippen molar-refractivity contribution in [2.45, 2.75) is 94.9 Å². The zero-order valence-electron chi connectivity index (χ0n) is 22.5. The third kappa shape index (κ3) is 4.68. The van der Waals surface area contributed by atoms with Crippen molar-refractivity contribution < 1.29 is 29.0 Å². The van der Waals surface area contributed by atoms with E-state index in [1.54, 1.807) is 29.2 Å². The molecule has 1 aliphatic carbocycles. The van der Waals surface area contributed by atoms with E-state index in [1.807, 2.05) is 13.8 Å². The number of amides is 3. The number of nitrogens with zero attached hydrogens (tertiary/aromatic N) is 1. The van der Waals surface area contributed by atoms with E-state index in [-0.39, 0.29) is 30.4 Å². The number of anilines is 1. The maximum absolute atomic E-state index is 14.0. The highest BCUT2D eigenvalue weighted by Crippen LogP contribution is 2.63. The number of ether oxygens (including phenoxy) is 2. The van der Waals surface area contributed by atoms with Gasteiger partial charge >= 0.3 is 0 Å². The van der Waals surface area contributed by atoms with E-state index in [0.717, 1.165) is 31.4 Å². The van der Waals surface area contributed by atoms with Crippen molar-refractivity contribution in [1.29, 1.82) is 0 Å². The second kappa shape index (κ2) is 10.8. The monoisotopic (exact) mass is 527 g/mol. The Hall–Kier alpha value is -2.65. The predicted octanol–water partition coefficient (Wildman–Crippen LogP) is 3.01. The van der Waals surface area contributed by atoms with Gasteiger partial charge in [0.05, 0.1) is 24.0 Å². The lowest BCUT2D eigenvalue weighted by Crippen LogP contribution is -2.57. The van der Waals surface area contributed by atoms with Crippen molar-refractivity contribution in [2.75, 3.05) is 25.1 Å². The number of aliphatic hydroxyl groups is 1. The molecule has 3 aliphatic heterocycles. The van der Waals surface area contributed by atoms with E-state index in [4.69, 9.17) is 9.47 Å². The summed E-state index contributed by atoms with van der Waals surface area (Å²) in [5, 5.41) is 15.6. The number of carbonyl (C=O) groups is 3. The van der Waals surface area contributed by atoms with E-state index in [2.05, 4.69) is 10.6 Å². The molecular formula is C29H41N3O6. The molecule has 1 aromatic carbocycles. The van der Waals surface area contributed by atoms with Crippen molar-refractivity contribution >= 4 is 23.4 Å². The molecule has 5 rings (SSSR count). The first-order valence-corrected chi connectivity index (χ1v) is 14.3. The van der Waals surface area contributed by atoms with Crippen LogP contribution in [0.4, 0.5) is 5.69 Å². The average molecular weight is 528 g/mol. The minimum atomic E-state index is -1.02. The molecule has 2 bridgehead atoms. The molecule has 4 fully saturated rings. The predicted molar refractivity (Wildman–Crippen MR) is 142 cm³/mol. The van der Waals surface area contributed by atoms with E-state index in [9.17, 15) is 19.5 Å². The summed E-state index contributed by atoms with van der Waals surface area (Å²) in [4.78, 5) is 43.2. The third-order valence-corrected chi connectivity index (χ3v) is 9.00. The molecule has 3 heterocycles. The lowest BCUT2D eigenvalue weighted by Gasteiger charge is -2.35. The molecule has 38 heavy (non-hydrogen) atoms. The van der Waals surface area contributed by atoms with Crippen LogP contribution in [-0.4, -0.2) is 70.8 Å². The maximum Gasteiger partial charge on any atom is 0.246 e. The molecule has 5 atom stereocenters. The topological polar surface area (TPSA) is 117 Å². The Kier molecular flexibility index (Phi) is 7.69. The Balaban J connectivity index is 1.41. The zero-order chi connectivity index (χ0) is 26.9. The van der Waals surface area contributed by atoms with Crippen LogP contribution in [0.5, 0.6) is 5.75 Å². The molecule has 3 saturated heterocycles. The number of rotatable bonds is 10. The quantitative estimate of drug-likeness (QED) is 0.403. The van der Waals surface area contributed by atoms with Crippen molar-refractivity contribution in [1.82, 2.24) is 10.2 Å². The number of fused-ring (bicyclic) bond motifs is 1. The van der Waals surface area contributed by atoms with E-state index < -0.39 is 29.1 Å². The normalized spacial score (nSPS) is 32.3. The third-order valence-electron chi connectivity index (χ3n) is 9.00.